The second-order valence-electron chi connectivity index (χ2n) is 6.11. The van der Waals surface area contributed by atoms with Crippen LogP contribution in [0.2, 0.25) is 0 Å². The summed E-state index contributed by atoms with van der Waals surface area (Å²) in [6, 6.07) is 13.0. The molecular formula is C20H20F3N3O3. The quantitative estimate of drug-likeness (QED) is 0.543. The monoisotopic (exact) mass is 407 g/mol. The molecule has 0 bridgehead atoms. The number of alkyl halides is 3. The van der Waals surface area contributed by atoms with Crippen molar-refractivity contribution in [3.8, 4) is 5.75 Å². The predicted molar refractivity (Wildman–Crippen MR) is 103 cm³/mol. The number of hydrogen-bond donors (Lipinski definition) is 2. The van der Waals surface area contributed by atoms with E-state index in [-0.39, 0.29) is 18.0 Å². The molecule has 2 rings (SSSR count). The molecule has 0 aliphatic rings. The number of aryl methyl sites for hydroxylation is 1. The number of anilines is 1. The zero-order chi connectivity index (χ0) is 21.4. The molecule has 0 heterocycles. The molecule has 6 nitrogen and oxygen atoms in total. The van der Waals surface area contributed by atoms with Gasteiger partial charge in [0.25, 0.3) is 0 Å². The summed E-state index contributed by atoms with van der Waals surface area (Å²) < 4.78 is 41.8. The van der Waals surface area contributed by atoms with Gasteiger partial charge in [0.2, 0.25) is 5.91 Å². The minimum absolute atomic E-state index is 0.00685. The lowest BCUT2D eigenvalue weighted by molar-refractivity contribution is -0.167. The highest BCUT2D eigenvalue weighted by Gasteiger charge is 2.38. The first-order valence-corrected chi connectivity index (χ1v) is 8.63. The third-order valence-electron chi connectivity index (χ3n) is 3.97. The van der Waals surface area contributed by atoms with E-state index in [1.165, 1.54) is 24.3 Å². The fourth-order valence-electron chi connectivity index (χ4n) is 2.31. The van der Waals surface area contributed by atoms with E-state index in [9.17, 15) is 22.8 Å². The third kappa shape index (κ3) is 6.95. The summed E-state index contributed by atoms with van der Waals surface area (Å²) in [6.07, 6.45) is -4.17. The number of rotatable bonds is 7. The van der Waals surface area contributed by atoms with Gasteiger partial charge in [-0.3, -0.25) is 9.59 Å². The molecule has 2 aromatic carbocycles. The van der Waals surface area contributed by atoms with Gasteiger partial charge in [0.05, 0.1) is 12.8 Å². The number of nitrogens with zero attached hydrogens (tertiary/aromatic N) is 1. The van der Waals surface area contributed by atoms with E-state index in [0.29, 0.717) is 17.7 Å². The predicted octanol–water partition coefficient (Wildman–Crippen LogP) is 3.67. The highest BCUT2D eigenvalue weighted by Crippen LogP contribution is 2.18. The van der Waals surface area contributed by atoms with Gasteiger partial charge in [-0.05, 0) is 48.7 Å². The van der Waals surface area contributed by atoms with E-state index < -0.39 is 12.1 Å². The van der Waals surface area contributed by atoms with Gasteiger partial charge in [-0.1, -0.05) is 24.3 Å². The summed E-state index contributed by atoms with van der Waals surface area (Å²) in [4.78, 5) is 22.9. The van der Waals surface area contributed by atoms with E-state index >= 15 is 0 Å². The van der Waals surface area contributed by atoms with Crippen LogP contribution in [0, 0.1) is 0 Å². The summed E-state index contributed by atoms with van der Waals surface area (Å²) in [6.45, 7) is 1.65. The Kier molecular flexibility index (Phi) is 7.35. The van der Waals surface area contributed by atoms with Gasteiger partial charge in [-0.15, -0.1) is 0 Å². The highest BCUT2D eigenvalue weighted by molar-refractivity contribution is 6.00. The summed E-state index contributed by atoms with van der Waals surface area (Å²) >= 11 is 0. The van der Waals surface area contributed by atoms with Gasteiger partial charge < -0.3 is 10.1 Å². The molecule has 29 heavy (non-hydrogen) atoms. The van der Waals surface area contributed by atoms with Crippen molar-refractivity contribution in [2.45, 2.75) is 25.9 Å². The first-order valence-electron chi connectivity index (χ1n) is 8.63. The van der Waals surface area contributed by atoms with Crippen molar-refractivity contribution in [1.29, 1.82) is 0 Å². The molecule has 0 fully saturated rings. The maximum atomic E-state index is 12.2. The molecular weight excluding hydrogens is 387 g/mol. The van der Waals surface area contributed by atoms with E-state index in [2.05, 4.69) is 10.5 Å². The molecule has 9 heteroatoms. The zero-order valence-electron chi connectivity index (χ0n) is 15.8. The lowest BCUT2D eigenvalue weighted by atomic mass is 10.1. The molecule has 2 aromatic rings. The Morgan fingerprint density at radius 2 is 1.66 bits per heavy atom. The first kappa shape index (κ1) is 21.9. The van der Waals surface area contributed by atoms with Crippen LogP contribution in [0.1, 0.15) is 24.5 Å². The Bertz CT molecular complexity index is 877. The van der Waals surface area contributed by atoms with Crippen molar-refractivity contribution in [2.75, 3.05) is 12.4 Å². The van der Waals surface area contributed by atoms with Gasteiger partial charge in [-0.25, -0.2) is 5.43 Å². The summed E-state index contributed by atoms with van der Waals surface area (Å²) in [5.74, 6) is -1.57. The van der Waals surface area contributed by atoms with Crippen molar-refractivity contribution in [3.63, 3.8) is 0 Å². The Morgan fingerprint density at radius 1 is 1.03 bits per heavy atom. The third-order valence-corrected chi connectivity index (χ3v) is 3.97. The number of hydrogen-bond acceptors (Lipinski definition) is 4. The van der Waals surface area contributed by atoms with E-state index in [1.807, 2.05) is 24.3 Å². The minimum atomic E-state index is -4.95. The lowest BCUT2D eigenvalue weighted by Crippen LogP contribution is -2.29. The average molecular weight is 407 g/mol. The van der Waals surface area contributed by atoms with E-state index in [1.54, 1.807) is 19.4 Å². The standard InChI is InChI=1S/C20H20F3N3O3/c1-13(15-6-8-16(9-7-15)24-19(28)20(21,22)23)25-26-18(27)12-5-14-3-10-17(29-2)11-4-14/h3-4,6-11H,5,12H2,1-2H3,(H,24,28)(H,26,27)/b25-13-. The fourth-order valence-corrected chi connectivity index (χ4v) is 2.31. The van der Waals surface area contributed by atoms with Gasteiger partial charge in [0.15, 0.2) is 0 Å². The number of ether oxygens (including phenoxy) is 1. The van der Waals surface area contributed by atoms with Crippen LogP contribution < -0.4 is 15.5 Å². The number of amides is 2. The molecule has 0 unspecified atom stereocenters. The van der Waals surface area contributed by atoms with Crippen LogP contribution in [-0.2, 0) is 16.0 Å². The van der Waals surface area contributed by atoms with Crippen molar-refractivity contribution in [3.05, 3.63) is 59.7 Å². The summed E-state index contributed by atoms with van der Waals surface area (Å²) in [5.41, 5.74) is 4.49. The van der Waals surface area contributed by atoms with Gasteiger partial charge >= 0.3 is 12.1 Å². The van der Waals surface area contributed by atoms with Gasteiger partial charge in [-0.2, -0.15) is 18.3 Å². The smallest absolute Gasteiger partial charge is 0.471 e. The molecule has 2 amide bonds. The van der Waals surface area contributed by atoms with Crippen LogP contribution in [0.4, 0.5) is 18.9 Å². The number of hydrazone groups is 1. The Labute approximate surface area is 165 Å². The van der Waals surface area contributed by atoms with Crippen LogP contribution in [0.25, 0.3) is 0 Å². The van der Waals surface area contributed by atoms with E-state index in [4.69, 9.17) is 4.74 Å². The van der Waals surface area contributed by atoms with Crippen molar-refractivity contribution in [2.24, 2.45) is 5.10 Å². The number of carbonyl (C=O) groups excluding carboxylic acids is 2. The molecule has 0 aromatic heterocycles. The summed E-state index contributed by atoms with van der Waals surface area (Å²) in [7, 11) is 1.58. The zero-order valence-corrected chi connectivity index (χ0v) is 15.8. The number of carbonyl (C=O) groups is 2. The summed E-state index contributed by atoms with van der Waals surface area (Å²) in [5, 5.41) is 5.75. The van der Waals surface area contributed by atoms with E-state index in [0.717, 1.165) is 11.3 Å². The molecule has 0 saturated carbocycles. The van der Waals surface area contributed by atoms with Gasteiger partial charge in [0, 0.05) is 12.1 Å². The number of nitrogens with one attached hydrogen (secondary N) is 2. The molecule has 0 saturated heterocycles. The van der Waals surface area contributed by atoms with Crippen molar-refractivity contribution in [1.82, 2.24) is 5.43 Å². The molecule has 0 aliphatic heterocycles. The Morgan fingerprint density at radius 3 is 2.21 bits per heavy atom. The normalized spacial score (nSPS) is 11.7. The second kappa shape index (κ2) is 9.72. The van der Waals surface area contributed by atoms with Crippen LogP contribution in [0.15, 0.2) is 53.6 Å². The molecule has 0 spiro atoms. The minimum Gasteiger partial charge on any atom is -0.497 e. The SMILES string of the molecule is COc1ccc(CCC(=O)N/N=C(/C)c2ccc(NC(=O)C(F)(F)F)cc2)cc1. The Balaban J connectivity index is 1.86. The first-order chi connectivity index (χ1) is 13.7. The molecule has 0 atom stereocenters. The van der Waals surface area contributed by atoms with Crippen molar-refractivity contribution < 1.29 is 27.5 Å². The highest BCUT2D eigenvalue weighted by atomic mass is 19.4. The number of halogens is 3. The van der Waals surface area contributed by atoms with Crippen LogP contribution in [0.3, 0.4) is 0 Å². The maximum Gasteiger partial charge on any atom is 0.471 e. The van der Waals surface area contributed by atoms with Crippen LogP contribution >= 0.6 is 0 Å². The van der Waals surface area contributed by atoms with Crippen LogP contribution in [-0.4, -0.2) is 30.8 Å². The maximum absolute atomic E-state index is 12.2. The fraction of sp³-hybridized carbons (Fsp3) is 0.250. The molecule has 0 aliphatic carbocycles. The topological polar surface area (TPSA) is 79.8 Å². The second-order valence-corrected chi connectivity index (χ2v) is 6.11. The van der Waals surface area contributed by atoms with Gasteiger partial charge in [0.1, 0.15) is 5.75 Å². The Hall–Kier alpha value is -3.36. The molecule has 0 radical (unpaired) electrons. The molecule has 2 N–H and O–H groups in total. The van der Waals surface area contributed by atoms with Crippen LogP contribution in [0.5, 0.6) is 5.75 Å². The lowest BCUT2D eigenvalue weighted by Gasteiger charge is -2.08. The average Bonchev–Trinajstić information content (AvgIpc) is 2.70. The van der Waals surface area contributed by atoms with Crippen molar-refractivity contribution >= 4 is 23.2 Å². The number of benzene rings is 2. The molecule has 154 valence electrons. The number of methoxy groups -OCH3 is 1. The largest absolute Gasteiger partial charge is 0.497 e.